The molecule has 0 saturated carbocycles. The molecule has 1 saturated heterocycles. The number of methoxy groups -OCH3 is 1. The summed E-state index contributed by atoms with van der Waals surface area (Å²) in [4.78, 5) is 40.3. The molecule has 0 spiro atoms. The van der Waals surface area contributed by atoms with E-state index < -0.39 is 28.0 Å². The third-order valence-electron chi connectivity index (χ3n) is 6.66. The summed E-state index contributed by atoms with van der Waals surface area (Å²) in [6.07, 6.45) is 2.65. The lowest BCUT2D eigenvalue weighted by Gasteiger charge is -2.32. The lowest BCUT2D eigenvalue weighted by Crippen LogP contribution is -2.41. The average molecular weight is 550 g/mol. The summed E-state index contributed by atoms with van der Waals surface area (Å²) in [5.74, 6) is -1.06. The Kier molecular flexibility index (Phi) is 8.20. The number of esters is 1. The van der Waals surface area contributed by atoms with Gasteiger partial charge in [0.25, 0.3) is 5.91 Å². The second kappa shape index (κ2) is 11.2. The first kappa shape index (κ1) is 27.1. The van der Waals surface area contributed by atoms with E-state index in [1.807, 2.05) is 6.92 Å². The van der Waals surface area contributed by atoms with E-state index >= 15 is 0 Å². The molecule has 2 amide bonds. The number of anilines is 1. The summed E-state index contributed by atoms with van der Waals surface area (Å²) in [5.41, 5.74) is 1.27. The van der Waals surface area contributed by atoms with Crippen molar-refractivity contribution in [1.29, 1.82) is 0 Å². The minimum Gasteiger partial charge on any atom is -0.465 e. The van der Waals surface area contributed by atoms with Crippen LogP contribution in [0.4, 0.5) is 9.80 Å². The number of amides is 2. The molecule has 1 atom stereocenters. The predicted octanol–water partition coefficient (Wildman–Crippen LogP) is 3.86. The van der Waals surface area contributed by atoms with Crippen molar-refractivity contribution in [2.45, 2.75) is 57.0 Å². The second-order valence-electron chi connectivity index (χ2n) is 9.01. The Morgan fingerprint density at radius 3 is 2.51 bits per heavy atom. The van der Waals surface area contributed by atoms with E-state index in [1.165, 1.54) is 47.0 Å². The second-order valence-corrected chi connectivity index (χ2v) is 12.0. The predicted molar refractivity (Wildman–Crippen MR) is 138 cm³/mol. The van der Waals surface area contributed by atoms with E-state index in [0.29, 0.717) is 24.5 Å². The van der Waals surface area contributed by atoms with Crippen molar-refractivity contribution in [3.05, 3.63) is 45.8 Å². The minimum absolute atomic E-state index is 0.0666. The van der Waals surface area contributed by atoms with Gasteiger partial charge in [-0.3, -0.25) is 4.79 Å². The first-order valence-electron chi connectivity index (χ1n) is 12.2. The fourth-order valence-electron chi connectivity index (χ4n) is 4.70. The van der Waals surface area contributed by atoms with Gasteiger partial charge in [0.2, 0.25) is 10.0 Å². The Bertz CT molecular complexity index is 1290. The van der Waals surface area contributed by atoms with Gasteiger partial charge >= 0.3 is 12.1 Å². The number of benzene rings is 1. The highest BCUT2D eigenvalue weighted by molar-refractivity contribution is 7.89. The molecule has 12 heteroatoms. The van der Waals surface area contributed by atoms with Crippen molar-refractivity contribution in [3.8, 4) is 0 Å². The molecule has 4 rings (SSSR count). The average Bonchev–Trinajstić information content (AvgIpc) is 3.25. The van der Waals surface area contributed by atoms with E-state index in [9.17, 15) is 22.8 Å². The first-order valence-corrected chi connectivity index (χ1v) is 14.5. The normalized spacial score (nSPS) is 18.1. The van der Waals surface area contributed by atoms with Crippen molar-refractivity contribution in [2.75, 3.05) is 32.1 Å². The third kappa shape index (κ3) is 5.51. The minimum atomic E-state index is -3.65. The van der Waals surface area contributed by atoms with Gasteiger partial charge in [0.05, 0.1) is 30.7 Å². The summed E-state index contributed by atoms with van der Waals surface area (Å²) >= 11 is 1.21. The zero-order valence-corrected chi connectivity index (χ0v) is 22.7. The highest BCUT2D eigenvalue weighted by Crippen LogP contribution is 2.38. The maximum atomic E-state index is 13.1. The van der Waals surface area contributed by atoms with Crippen LogP contribution >= 0.6 is 11.3 Å². The van der Waals surface area contributed by atoms with Gasteiger partial charge in [-0.05, 0) is 62.9 Å². The number of rotatable bonds is 6. The van der Waals surface area contributed by atoms with Crippen molar-refractivity contribution >= 4 is 44.3 Å². The lowest BCUT2D eigenvalue weighted by atomic mass is 10.0. The summed E-state index contributed by atoms with van der Waals surface area (Å²) in [6, 6.07) is 5.73. The molecule has 1 N–H and O–H groups in total. The fraction of sp³-hybridized carbons (Fsp3) is 0.480. The molecular formula is C25H31N3O7S2. The molecule has 10 nitrogen and oxygen atoms in total. The summed E-state index contributed by atoms with van der Waals surface area (Å²) in [5, 5.41) is 3.11. The smallest absolute Gasteiger partial charge is 0.410 e. The van der Waals surface area contributed by atoms with Gasteiger partial charge in [-0.1, -0.05) is 6.42 Å². The van der Waals surface area contributed by atoms with Crippen molar-refractivity contribution in [2.24, 2.45) is 0 Å². The van der Waals surface area contributed by atoms with Crippen molar-refractivity contribution in [3.63, 3.8) is 0 Å². The fourth-order valence-corrected chi connectivity index (χ4v) is 7.64. The molecular weight excluding hydrogens is 518 g/mol. The van der Waals surface area contributed by atoms with Crippen LogP contribution in [-0.2, 0) is 32.5 Å². The number of thiophene rings is 1. The number of fused-ring (bicyclic) bond motifs is 1. The molecule has 0 aliphatic carbocycles. The van der Waals surface area contributed by atoms with Crippen LogP contribution in [0.5, 0.6) is 0 Å². The Morgan fingerprint density at radius 2 is 1.86 bits per heavy atom. The van der Waals surface area contributed by atoms with Crippen molar-refractivity contribution < 1.29 is 32.3 Å². The highest BCUT2D eigenvalue weighted by Gasteiger charge is 2.33. The van der Waals surface area contributed by atoms with Gasteiger partial charge in [-0.15, -0.1) is 11.3 Å². The Balaban J connectivity index is 1.55. The zero-order chi connectivity index (χ0) is 26.7. The van der Waals surface area contributed by atoms with Crippen LogP contribution in [0, 0.1) is 0 Å². The van der Waals surface area contributed by atoms with Crippen molar-refractivity contribution in [1.82, 2.24) is 9.21 Å². The number of hydrogen-bond donors (Lipinski definition) is 1. The Labute approximate surface area is 220 Å². The van der Waals surface area contributed by atoms with Gasteiger partial charge in [0, 0.05) is 29.6 Å². The van der Waals surface area contributed by atoms with Gasteiger partial charge in [-0.25, -0.2) is 18.0 Å². The van der Waals surface area contributed by atoms with Crippen LogP contribution < -0.4 is 5.32 Å². The lowest BCUT2D eigenvalue weighted by molar-refractivity contribution is 0.0600. The molecule has 0 bridgehead atoms. The zero-order valence-electron chi connectivity index (χ0n) is 21.1. The molecule has 200 valence electrons. The SMILES string of the molecule is CCOC(=O)N1CCc2c(sc(NC(=O)c3ccc(S(=O)(=O)N4CCCC[C@H]4C)cc3)c2C(=O)OC)C1. The van der Waals surface area contributed by atoms with Crippen LogP contribution in [0.1, 0.15) is 64.3 Å². The third-order valence-corrected chi connectivity index (χ3v) is 9.82. The van der Waals surface area contributed by atoms with Crippen LogP contribution in [0.15, 0.2) is 29.2 Å². The molecule has 1 aromatic heterocycles. The highest BCUT2D eigenvalue weighted by atomic mass is 32.2. The first-order chi connectivity index (χ1) is 17.7. The topological polar surface area (TPSA) is 122 Å². The molecule has 1 aromatic carbocycles. The molecule has 2 aliphatic rings. The monoisotopic (exact) mass is 549 g/mol. The molecule has 0 radical (unpaired) electrons. The standard InChI is InChI=1S/C25H31N3O7S2/c1-4-35-25(31)27-14-12-19-20(15-27)36-23(21(19)24(30)34-3)26-22(29)17-8-10-18(11-9-17)37(32,33)28-13-6-5-7-16(28)2/h8-11,16H,4-7,12-15H2,1-3H3,(H,26,29)/t16-/m1/s1. The van der Waals surface area contributed by atoms with Crippen LogP contribution in [0.25, 0.3) is 0 Å². The maximum Gasteiger partial charge on any atom is 0.410 e. The summed E-state index contributed by atoms with van der Waals surface area (Å²) < 4.78 is 37.7. The quantitative estimate of drug-likeness (QED) is 0.543. The summed E-state index contributed by atoms with van der Waals surface area (Å²) in [6.45, 7) is 5.03. The van der Waals surface area contributed by atoms with E-state index in [0.717, 1.165) is 29.7 Å². The van der Waals surface area contributed by atoms with E-state index in [1.54, 1.807) is 11.8 Å². The largest absolute Gasteiger partial charge is 0.465 e. The molecule has 1 fully saturated rings. The number of nitrogens with one attached hydrogen (secondary N) is 1. The number of carbonyl (C=O) groups excluding carboxylic acids is 3. The van der Waals surface area contributed by atoms with E-state index in [2.05, 4.69) is 5.32 Å². The van der Waals surface area contributed by atoms with Crippen LogP contribution in [0.3, 0.4) is 0 Å². The number of nitrogens with zero attached hydrogens (tertiary/aromatic N) is 2. The maximum absolute atomic E-state index is 13.1. The van der Waals surface area contributed by atoms with E-state index in [-0.39, 0.29) is 35.2 Å². The number of carbonyl (C=O) groups is 3. The van der Waals surface area contributed by atoms with Gasteiger partial charge in [0.1, 0.15) is 5.00 Å². The van der Waals surface area contributed by atoms with E-state index in [4.69, 9.17) is 9.47 Å². The molecule has 0 unspecified atom stereocenters. The Hall–Kier alpha value is -2.96. The molecule has 2 aliphatic heterocycles. The van der Waals surface area contributed by atoms with Gasteiger partial charge in [-0.2, -0.15) is 4.31 Å². The van der Waals surface area contributed by atoms with Crippen LogP contribution in [0.2, 0.25) is 0 Å². The Morgan fingerprint density at radius 1 is 1.14 bits per heavy atom. The van der Waals surface area contributed by atoms with Crippen LogP contribution in [-0.4, -0.2) is 68.4 Å². The number of ether oxygens (including phenoxy) is 2. The van der Waals surface area contributed by atoms with Gasteiger partial charge in [0.15, 0.2) is 0 Å². The summed E-state index contributed by atoms with van der Waals surface area (Å²) in [7, 11) is -2.38. The molecule has 37 heavy (non-hydrogen) atoms. The number of sulfonamides is 1. The number of piperidine rings is 1. The number of hydrogen-bond acceptors (Lipinski definition) is 8. The van der Waals surface area contributed by atoms with Gasteiger partial charge < -0.3 is 19.7 Å². The molecule has 3 heterocycles. The molecule has 2 aromatic rings.